The fraction of sp³-hybridized carbons (Fsp3) is 0.706. The first-order chi connectivity index (χ1) is 11.1. The van der Waals surface area contributed by atoms with E-state index < -0.39 is 0 Å². The topological polar surface area (TPSA) is 55.2 Å². The zero-order valence-corrected chi connectivity index (χ0v) is 14.2. The molecule has 6 heteroatoms. The molecule has 0 aliphatic carbocycles. The molecule has 2 atom stereocenters. The van der Waals surface area contributed by atoms with E-state index in [2.05, 4.69) is 11.8 Å². The smallest absolute Gasteiger partial charge is 0.257 e. The van der Waals surface area contributed by atoms with Crippen molar-refractivity contribution in [1.29, 1.82) is 0 Å². The van der Waals surface area contributed by atoms with Crippen molar-refractivity contribution in [1.82, 2.24) is 9.80 Å². The summed E-state index contributed by atoms with van der Waals surface area (Å²) in [6.45, 7) is 9.53. The first-order valence-corrected chi connectivity index (χ1v) is 8.29. The number of methoxy groups -OCH3 is 1. The number of carbonyl (C=O) groups excluding carboxylic acids is 1. The third-order valence-corrected chi connectivity index (χ3v) is 4.86. The van der Waals surface area contributed by atoms with E-state index in [9.17, 15) is 4.79 Å². The maximum atomic E-state index is 12.8. The van der Waals surface area contributed by atoms with E-state index >= 15 is 0 Å². The third kappa shape index (κ3) is 3.44. The average Bonchev–Trinajstić information content (AvgIpc) is 3.11. The molecule has 0 aromatic carbocycles. The van der Waals surface area contributed by atoms with Gasteiger partial charge in [0.15, 0.2) is 0 Å². The van der Waals surface area contributed by atoms with Gasteiger partial charge in [0, 0.05) is 39.3 Å². The number of rotatable bonds is 4. The van der Waals surface area contributed by atoms with E-state index in [1.54, 1.807) is 7.11 Å². The van der Waals surface area contributed by atoms with Crippen LogP contribution in [-0.2, 0) is 16.1 Å². The van der Waals surface area contributed by atoms with Crippen LogP contribution < -0.4 is 0 Å². The number of nitrogens with zero attached hydrogens (tertiary/aromatic N) is 2. The van der Waals surface area contributed by atoms with Crippen LogP contribution in [0.15, 0.2) is 10.5 Å². The summed E-state index contributed by atoms with van der Waals surface area (Å²) in [5.74, 6) is 1.91. The largest absolute Gasteiger partial charge is 0.463 e. The molecule has 128 valence electrons. The fourth-order valence-corrected chi connectivity index (χ4v) is 3.64. The quantitative estimate of drug-likeness (QED) is 0.841. The Morgan fingerprint density at radius 1 is 1.35 bits per heavy atom. The highest BCUT2D eigenvalue weighted by molar-refractivity contribution is 5.95. The van der Waals surface area contributed by atoms with Crippen molar-refractivity contribution in [3.63, 3.8) is 0 Å². The van der Waals surface area contributed by atoms with Gasteiger partial charge in [-0.1, -0.05) is 6.92 Å². The van der Waals surface area contributed by atoms with Crippen molar-refractivity contribution in [3.8, 4) is 0 Å². The first-order valence-electron chi connectivity index (χ1n) is 8.29. The molecule has 3 heterocycles. The van der Waals surface area contributed by atoms with Crippen LogP contribution >= 0.6 is 0 Å². The zero-order chi connectivity index (χ0) is 16.4. The van der Waals surface area contributed by atoms with E-state index in [0.717, 1.165) is 39.4 Å². The van der Waals surface area contributed by atoms with Gasteiger partial charge in [-0.2, -0.15) is 0 Å². The van der Waals surface area contributed by atoms with Crippen LogP contribution in [0.1, 0.15) is 28.8 Å². The summed E-state index contributed by atoms with van der Waals surface area (Å²) < 4.78 is 16.1. The second-order valence-electron chi connectivity index (χ2n) is 6.52. The molecule has 2 aliphatic rings. The minimum atomic E-state index is 0.0659. The lowest BCUT2D eigenvalue weighted by Crippen LogP contribution is -2.47. The second kappa shape index (κ2) is 7.03. The Kier molecular flexibility index (Phi) is 5.04. The van der Waals surface area contributed by atoms with Crippen molar-refractivity contribution < 1.29 is 18.7 Å². The van der Waals surface area contributed by atoms with Gasteiger partial charge in [-0.3, -0.25) is 9.69 Å². The third-order valence-electron chi connectivity index (χ3n) is 4.86. The van der Waals surface area contributed by atoms with E-state index in [1.807, 2.05) is 17.9 Å². The maximum Gasteiger partial charge on any atom is 0.257 e. The van der Waals surface area contributed by atoms with E-state index in [0.29, 0.717) is 35.7 Å². The number of likely N-dealkylation sites (tertiary alicyclic amines) is 1. The number of ether oxygens (including phenoxy) is 2. The van der Waals surface area contributed by atoms with Crippen molar-refractivity contribution in [2.24, 2.45) is 5.92 Å². The highest BCUT2D eigenvalue weighted by Crippen LogP contribution is 2.26. The van der Waals surface area contributed by atoms with Crippen LogP contribution in [0.5, 0.6) is 0 Å². The van der Waals surface area contributed by atoms with Gasteiger partial charge in [-0.05, 0) is 18.9 Å². The monoisotopic (exact) mass is 322 g/mol. The lowest BCUT2D eigenvalue weighted by Gasteiger charge is -2.33. The predicted molar refractivity (Wildman–Crippen MR) is 85.4 cm³/mol. The minimum Gasteiger partial charge on any atom is -0.463 e. The number of carbonyl (C=O) groups is 1. The first kappa shape index (κ1) is 16.5. The molecule has 1 aromatic rings. The Labute approximate surface area is 137 Å². The van der Waals surface area contributed by atoms with Gasteiger partial charge < -0.3 is 18.8 Å². The van der Waals surface area contributed by atoms with Crippen molar-refractivity contribution >= 4 is 5.91 Å². The fourth-order valence-electron chi connectivity index (χ4n) is 3.64. The van der Waals surface area contributed by atoms with Crippen molar-refractivity contribution in [2.75, 3.05) is 46.5 Å². The molecule has 2 aliphatic heterocycles. The maximum absolute atomic E-state index is 12.8. The highest BCUT2D eigenvalue weighted by Gasteiger charge is 2.37. The molecule has 1 amide bonds. The van der Waals surface area contributed by atoms with E-state index in [1.165, 1.54) is 0 Å². The molecule has 0 unspecified atom stereocenters. The molecule has 1 aromatic heterocycles. The molecular formula is C17H26N2O4. The molecule has 3 rings (SSSR count). The van der Waals surface area contributed by atoms with Crippen molar-refractivity contribution in [2.45, 2.75) is 26.5 Å². The van der Waals surface area contributed by atoms with E-state index in [4.69, 9.17) is 13.9 Å². The SMILES string of the molecule is COCc1cc(C(=O)N2C[C@@H](N3CCOCC3)[C@@H](C)C2)c(C)o1. The van der Waals surface area contributed by atoms with Crippen LogP contribution in [0.4, 0.5) is 0 Å². The molecular weight excluding hydrogens is 296 g/mol. The van der Waals surface area contributed by atoms with Gasteiger partial charge in [-0.25, -0.2) is 0 Å². The second-order valence-corrected chi connectivity index (χ2v) is 6.52. The Balaban J connectivity index is 1.68. The molecule has 0 bridgehead atoms. The number of hydrogen-bond donors (Lipinski definition) is 0. The Morgan fingerprint density at radius 2 is 2.09 bits per heavy atom. The van der Waals surface area contributed by atoms with Crippen LogP contribution in [0.25, 0.3) is 0 Å². The average molecular weight is 322 g/mol. The summed E-state index contributed by atoms with van der Waals surface area (Å²) in [7, 11) is 1.62. The Bertz CT molecular complexity index is 551. The van der Waals surface area contributed by atoms with Gasteiger partial charge in [0.05, 0.1) is 18.8 Å². The molecule has 0 spiro atoms. The number of amides is 1. The van der Waals surface area contributed by atoms with E-state index in [-0.39, 0.29) is 5.91 Å². The standard InChI is InChI=1S/C17H26N2O4/c1-12-9-19(10-16(12)18-4-6-22-7-5-18)17(20)15-8-14(11-21-3)23-13(15)2/h8,12,16H,4-7,9-11H2,1-3H3/t12-,16+/m0/s1. The predicted octanol–water partition coefficient (Wildman–Crippen LogP) is 1.53. The van der Waals surface area contributed by atoms with Crippen LogP contribution in [0.2, 0.25) is 0 Å². The van der Waals surface area contributed by atoms with Crippen LogP contribution in [0.3, 0.4) is 0 Å². The molecule has 2 saturated heterocycles. The number of hydrogen-bond acceptors (Lipinski definition) is 5. The Morgan fingerprint density at radius 3 is 2.78 bits per heavy atom. The highest BCUT2D eigenvalue weighted by atomic mass is 16.5. The number of morpholine rings is 1. The van der Waals surface area contributed by atoms with Crippen LogP contribution in [0, 0.1) is 12.8 Å². The molecule has 2 fully saturated rings. The summed E-state index contributed by atoms with van der Waals surface area (Å²) in [4.78, 5) is 17.3. The summed E-state index contributed by atoms with van der Waals surface area (Å²) in [5.41, 5.74) is 0.659. The molecule has 0 radical (unpaired) electrons. The van der Waals surface area contributed by atoms with Gasteiger partial charge in [0.1, 0.15) is 18.1 Å². The summed E-state index contributed by atoms with van der Waals surface area (Å²) in [6.07, 6.45) is 0. The molecule has 23 heavy (non-hydrogen) atoms. The van der Waals surface area contributed by atoms with Gasteiger partial charge in [0.25, 0.3) is 5.91 Å². The minimum absolute atomic E-state index is 0.0659. The lowest BCUT2D eigenvalue weighted by atomic mass is 10.0. The summed E-state index contributed by atoms with van der Waals surface area (Å²) >= 11 is 0. The summed E-state index contributed by atoms with van der Waals surface area (Å²) in [5, 5.41) is 0. The normalized spacial score (nSPS) is 26.0. The van der Waals surface area contributed by atoms with Gasteiger partial charge >= 0.3 is 0 Å². The molecule has 0 N–H and O–H groups in total. The molecule has 6 nitrogen and oxygen atoms in total. The number of aryl methyl sites for hydroxylation is 1. The van der Waals surface area contributed by atoms with Crippen LogP contribution in [-0.4, -0.2) is 68.3 Å². The molecule has 0 saturated carbocycles. The summed E-state index contributed by atoms with van der Waals surface area (Å²) in [6, 6.07) is 2.24. The zero-order valence-electron chi connectivity index (χ0n) is 14.2. The lowest BCUT2D eigenvalue weighted by molar-refractivity contribution is 0.0119. The number of furan rings is 1. The van der Waals surface area contributed by atoms with Gasteiger partial charge in [-0.15, -0.1) is 0 Å². The Hall–Kier alpha value is -1.37. The van der Waals surface area contributed by atoms with Gasteiger partial charge in [0.2, 0.25) is 0 Å². The van der Waals surface area contributed by atoms with Crippen molar-refractivity contribution in [3.05, 3.63) is 23.2 Å².